The third-order valence-electron chi connectivity index (χ3n) is 2.24. The van der Waals surface area contributed by atoms with Crippen molar-refractivity contribution < 1.29 is 17.9 Å². The molecule has 0 aromatic heterocycles. The highest BCUT2D eigenvalue weighted by Crippen LogP contribution is 2.10. The lowest BCUT2D eigenvalue weighted by Gasteiger charge is -2.14. The molecule has 1 N–H and O–H groups in total. The molecule has 0 fully saturated rings. The SMILES string of the molecule is COC(CNS(=O)(=O)c1cccc(C#N)c1)OC. The Hall–Kier alpha value is -1.46. The summed E-state index contributed by atoms with van der Waals surface area (Å²) in [6, 6.07) is 7.65. The molecule has 0 amide bonds. The molecule has 0 heterocycles. The van der Waals surface area contributed by atoms with E-state index in [2.05, 4.69) is 4.72 Å². The quantitative estimate of drug-likeness (QED) is 0.758. The standard InChI is InChI=1S/C11H14N2O4S/c1-16-11(17-2)8-13-18(14,15)10-5-3-4-9(6-10)7-12/h3-6,11,13H,8H2,1-2H3. The van der Waals surface area contributed by atoms with E-state index in [1.165, 1.54) is 38.5 Å². The summed E-state index contributed by atoms with van der Waals surface area (Å²) in [7, 11) is -0.838. The monoisotopic (exact) mass is 270 g/mol. The molecule has 0 aliphatic rings. The van der Waals surface area contributed by atoms with E-state index in [1.807, 2.05) is 6.07 Å². The van der Waals surface area contributed by atoms with Crippen LogP contribution in [0.1, 0.15) is 5.56 Å². The molecule has 0 unspecified atom stereocenters. The summed E-state index contributed by atoms with van der Waals surface area (Å²) >= 11 is 0. The number of nitriles is 1. The van der Waals surface area contributed by atoms with E-state index in [1.54, 1.807) is 0 Å². The van der Waals surface area contributed by atoms with E-state index < -0.39 is 16.3 Å². The van der Waals surface area contributed by atoms with Gasteiger partial charge in [0.15, 0.2) is 6.29 Å². The Kier molecular flexibility index (Phi) is 5.25. The van der Waals surface area contributed by atoms with Gasteiger partial charge in [-0.1, -0.05) is 6.07 Å². The minimum Gasteiger partial charge on any atom is -0.355 e. The maximum Gasteiger partial charge on any atom is 0.240 e. The van der Waals surface area contributed by atoms with E-state index in [4.69, 9.17) is 14.7 Å². The maximum absolute atomic E-state index is 11.9. The molecular formula is C11H14N2O4S. The van der Waals surface area contributed by atoms with Gasteiger partial charge in [0.2, 0.25) is 10.0 Å². The Morgan fingerprint density at radius 1 is 1.39 bits per heavy atom. The van der Waals surface area contributed by atoms with Crippen LogP contribution >= 0.6 is 0 Å². The van der Waals surface area contributed by atoms with Crippen LogP contribution in [0.2, 0.25) is 0 Å². The fraction of sp³-hybridized carbons (Fsp3) is 0.364. The van der Waals surface area contributed by atoms with Gasteiger partial charge < -0.3 is 9.47 Å². The van der Waals surface area contributed by atoms with Crippen LogP contribution in [0, 0.1) is 11.3 Å². The number of methoxy groups -OCH3 is 2. The second-order valence-corrected chi connectivity index (χ2v) is 5.16. The predicted molar refractivity (Wildman–Crippen MR) is 64.2 cm³/mol. The zero-order chi connectivity index (χ0) is 13.6. The van der Waals surface area contributed by atoms with Crippen molar-refractivity contribution in [2.45, 2.75) is 11.2 Å². The van der Waals surface area contributed by atoms with Gasteiger partial charge in [-0.05, 0) is 18.2 Å². The number of benzene rings is 1. The van der Waals surface area contributed by atoms with Crippen molar-refractivity contribution in [3.8, 4) is 6.07 Å². The Morgan fingerprint density at radius 2 is 2.06 bits per heavy atom. The number of rotatable bonds is 6. The largest absolute Gasteiger partial charge is 0.355 e. The van der Waals surface area contributed by atoms with Crippen molar-refractivity contribution in [2.75, 3.05) is 20.8 Å². The number of hydrogen-bond donors (Lipinski definition) is 1. The third-order valence-corrected chi connectivity index (χ3v) is 3.66. The van der Waals surface area contributed by atoms with Crippen molar-refractivity contribution in [3.05, 3.63) is 29.8 Å². The van der Waals surface area contributed by atoms with E-state index in [0.717, 1.165) is 0 Å². The zero-order valence-corrected chi connectivity index (χ0v) is 10.9. The molecule has 0 aliphatic carbocycles. The van der Waals surface area contributed by atoms with Crippen molar-refractivity contribution in [3.63, 3.8) is 0 Å². The van der Waals surface area contributed by atoms with Gasteiger partial charge in [0.1, 0.15) is 0 Å². The topological polar surface area (TPSA) is 88.4 Å². The summed E-state index contributed by atoms with van der Waals surface area (Å²) in [6.45, 7) is -0.00782. The molecule has 6 nitrogen and oxygen atoms in total. The smallest absolute Gasteiger partial charge is 0.240 e. The molecular weight excluding hydrogens is 256 g/mol. The van der Waals surface area contributed by atoms with E-state index >= 15 is 0 Å². The van der Waals surface area contributed by atoms with Gasteiger partial charge in [0, 0.05) is 14.2 Å². The van der Waals surface area contributed by atoms with Crippen molar-refractivity contribution in [2.24, 2.45) is 0 Å². The first kappa shape index (κ1) is 14.6. The van der Waals surface area contributed by atoms with Crippen LogP contribution in [-0.4, -0.2) is 35.5 Å². The first-order valence-corrected chi connectivity index (χ1v) is 6.57. The van der Waals surface area contributed by atoms with Crippen LogP contribution in [0.5, 0.6) is 0 Å². The maximum atomic E-state index is 11.9. The highest BCUT2D eigenvalue weighted by Gasteiger charge is 2.16. The van der Waals surface area contributed by atoms with Crippen LogP contribution in [-0.2, 0) is 19.5 Å². The summed E-state index contributed by atoms with van der Waals surface area (Å²) < 4.78 is 35.9. The molecule has 1 aromatic rings. The summed E-state index contributed by atoms with van der Waals surface area (Å²) in [6.07, 6.45) is -0.654. The third kappa shape index (κ3) is 3.78. The number of sulfonamides is 1. The second kappa shape index (κ2) is 6.47. The molecule has 0 radical (unpaired) electrons. The number of hydrogen-bond acceptors (Lipinski definition) is 5. The Labute approximate surface area is 106 Å². The van der Waals surface area contributed by atoms with E-state index in [-0.39, 0.29) is 17.0 Å². The molecule has 0 spiro atoms. The first-order valence-electron chi connectivity index (χ1n) is 5.09. The number of nitrogens with one attached hydrogen (secondary N) is 1. The van der Waals surface area contributed by atoms with Gasteiger partial charge in [-0.3, -0.25) is 0 Å². The van der Waals surface area contributed by atoms with Gasteiger partial charge in [-0.2, -0.15) is 5.26 Å². The Morgan fingerprint density at radius 3 is 2.61 bits per heavy atom. The van der Waals surface area contributed by atoms with Crippen LogP contribution < -0.4 is 4.72 Å². The minimum absolute atomic E-state index is 0.00782. The second-order valence-electron chi connectivity index (χ2n) is 3.39. The molecule has 0 saturated heterocycles. The normalized spacial score (nSPS) is 11.4. The van der Waals surface area contributed by atoms with Crippen molar-refractivity contribution in [1.82, 2.24) is 4.72 Å². The van der Waals surface area contributed by atoms with Gasteiger partial charge in [0.05, 0.1) is 23.1 Å². The molecule has 0 aliphatic heterocycles. The summed E-state index contributed by atoms with van der Waals surface area (Å²) in [5.74, 6) is 0. The summed E-state index contributed by atoms with van der Waals surface area (Å²) in [4.78, 5) is 0.0347. The minimum atomic E-state index is -3.67. The number of ether oxygens (including phenoxy) is 2. The Bertz CT molecular complexity index is 532. The average Bonchev–Trinajstić information content (AvgIpc) is 2.40. The van der Waals surface area contributed by atoms with Crippen LogP contribution in [0.4, 0.5) is 0 Å². The summed E-state index contributed by atoms with van der Waals surface area (Å²) in [5.41, 5.74) is 0.285. The van der Waals surface area contributed by atoms with Gasteiger partial charge in [-0.15, -0.1) is 0 Å². The van der Waals surface area contributed by atoms with Gasteiger partial charge in [0.25, 0.3) is 0 Å². The molecule has 1 aromatic carbocycles. The molecule has 0 saturated carbocycles. The molecule has 0 bridgehead atoms. The first-order chi connectivity index (χ1) is 8.53. The molecule has 98 valence electrons. The molecule has 18 heavy (non-hydrogen) atoms. The molecule has 7 heteroatoms. The molecule has 1 rings (SSSR count). The lowest BCUT2D eigenvalue weighted by atomic mass is 10.2. The van der Waals surface area contributed by atoms with Crippen LogP contribution in [0.15, 0.2) is 29.2 Å². The fourth-order valence-electron chi connectivity index (χ4n) is 1.26. The fourth-order valence-corrected chi connectivity index (χ4v) is 2.32. The van der Waals surface area contributed by atoms with Gasteiger partial charge in [-0.25, -0.2) is 13.1 Å². The van der Waals surface area contributed by atoms with Crippen LogP contribution in [0.3, 0.4) is 0 Å². The molecule has 0 atom stereocenters. The van der Waals surface area contributed by atoms with E-state index in [0.29, 0.717) is 0 Å². The highest BCUT2D eigenvalue weighted by molar-refractivity contribution is 7.89. The lowest BCUT2D eigenvalue weighted by Crippen LogP contribution is -2.34. The van der Waals surface area contributed by atoms with Crippen LogP contribution in [0.25, 0.3) is 0 Å². The van der Waals surface area contributed by atoms with E-state index in [9.17, 15) is 8.42 Å². The predicted octanol–water partition coefficient (Wildman–Crippen LogP) is 0.455. The highest BCUT2D eigenvalue weighted by atomic mass is 32.2. The van der Waals surface area contributed by atoms with Gasteiger partial charge >= 0.3 is 0 Å². The summed E-state index contributed by atoms with van der Waals surface area (Å²) in [5, 5.41) is 8.72. The average molecular weight is 270 g/mol. The lowest BCUT2D eigenvalue weighted by molar-refractivity contribution is -0.0960. The number of nitrogens with zero attached hydrogens (tertiary/aromatic N) is 1. The Balaban J connectivity index is 2.83. The van der Waals surface area contributed by atoms with Crippen molar-refractivity contribution in [1.29, 1.82) is 5.26 Å². The van der Waals surface area contributed by atoms with Crippen molar-refractivity contribution >= 4 is 10.0 Å². The zero-order valence-electron chi connectivity index (χ0n) is 10.1.